The number of amides is 2. The van der Waals surface area contributed by atoms with Crippen molar-refractivity contribution in [3.05, 3.63) is 69.8 Å². The number of benzene rings is 2. The van der Waals surface area contributed by atoms with Gasteiger partial charge in [-0.2, -0.15) is 0 Å². The number of rotatable bonds is 7. The summed E-state index contributed by atoms with van der Waals surface area (Å²) in [6.45, 7) is 10.7. The summed E-state index contributed by atoms with van der Waals surface area (Å²) in [5, 5.41) is 3.06. The Morgan fingerprint density at radius 3 is 2.04 bits per heavy atom. The average Bonchev–Trinajstić information content (AvgIpc) is 2.59. The molecule has 0 heterocycles. The fraction of sp³-hybridized carbons (Fsp3) is 0.435. The number of unbranched alkanes of at least 4 members (excludes halogenated alkanes) is 1. The number of nitrogens with one attached hydrogen (secondary N) is 1. The van der Waals surface area contributed by atoms with Crippen LogP contribution in [0.1, 0.15) is 71.5 Å². The Balaban J connectivity index is 2.59. The van der Waals surface area contributed by atoms with Crippen LogP contribution >= 0.6 is 0 Å². The van der Waals surface area contributed by atoms with Crippen LogP contribution in [0.2, 0.25) is 0 Å². The van der Waals surface area contributed by atoms with Gasteiger partial charge in [0.25, 0.3) is 0 Å². The molecule has 0 aromatic heterocycles. The van der Waals surface area contributed by atoms with Crippen LogP contribution in [0.3, 0.4) is 0 Å². The molecular formula is C23H32N2O. The highest BCUT2D eigenvalue weighted by molar-refractivity contribution is 5.72. The van der Waals surface area contributed by atoms with Gasteiger partial charge in [0, 0.05) is 5.92 Å². The van der Waals surface area contributed by atoms with E-state index in [4.69, 9.17) is 5.73 Å². The van der Waals surface area contributed by atoms with E-state index in [2.05, 4.69) is 76.3 Å². The molecule has 2 aromatic carbocycles. The lowest BCUT2D eigenvalue weighted by molar-refractivity contribution is 0.242. The Bertz CT molecular complexity index is 767. The quantitative estimate of drug-likeness (QED) is 0.669. The smallest absolute Gasteiger partial charge is 0.312 e. The standard InChI is InChI=1S/C23H32N2O/c1-6-7-8-19(20-13-15(2)9-11-17(20)4)22(25-23(24)26)21-14-16(3)10-12-18(21)5/h9-14,19,22H,6-8H2,1-5H3,(H3,24,25,26). The number of aryl methyl sites for hydroxylation is 4. The zero-order valence-corrected chi connectivity index (χ0v) is 16.7. The SMILES string of the molecule is CCCCC(c1cc(C)ccc1C)C(NC(N)=O)c1cc(C)ccc1C. The minimum Gasteiger partial charge on any atom is -0.352 e. The summed E-state index contributed by atoms with van der Waals surface area (Å²) in [7, 11) is 0. The third-order valence-electron chi connectivity index (χ3n) is 5.17. The second-order valence-electron chi connectivity index (χ2n) is 7.46. The number of urea groups is 1. The maximum absolute atomic E-state index is 11.9. The molecule has 140 valence electrons. The molecule has 0 saturated carbocycles. The number of carbonyl (C=O) groups is 1. The molecule has 3 N–H and O–H groups in total. The van der Waals surface area contributed by atoms with Crippen molar-refractivity contribution in [3.63, 3.8) is 0 Å². The first-order chi connectivity index (χ1) is 12.3. The van der Waals surface area contributed by atoms with Crippen molar-refractivity contribution in [2.75, 3.05) is 0 Å². The fourth-order valence-electron chi connectivity index (χ4n) is 3.73. The zero-order chi connectivity index (χ0) is 19.3. The third kappa shape index (κ3) is 4.87. The minimum absolute atomic E-state index is 0.126. The highest BCUT2D eigenvalue weighted by Gasteiger charge is 2.28. The van der Waals surface area contributed by atoms with Crippen LogP contribution in [0, 0.1) is 27.7 Å². The van der Waals surface area contributed by atoms with Gasteiger partial charge in [0.1, 0.15) is 0 Å². The summed E-state index contributed by atoms with van der Waals surface area (Å²) >= 11 is 0. The lowest BCUT2D eigenvalue weighted by Crippen LogP contribution is -2.37. The van der Waals surface area contributed by atoms with Crippen molar-refractivity contribution in [3.8, 4) is 0 Å². The Hall–Kier alpha value is -2.29. The van der Waals surface area contributed by atoms with Gasteiger partial charge in [0.2, 0.25) is 0 Å². The molecule has 2 atom stereocenters. The lowest BCUT2D eigenvalue weighted by atomic mass is 9.79. The largest absolute Gasteiger partial charge is 0.352 e. The molecule has 0 radical (unpaired) electrons. The molecule has 0 spiro atoms. The topological polar surface area (TPSA) is 55.1 Å². The van der Waals surface area contributed by atoms with Crippen LogP contribution in [-0.4, -0.2) is 6.03 Å². The molecule has 0 bridgehead atoms. The van der Waals surface area contributed by atoms with E-state index >= 15 is 0 Å². The van der Waals surface area contributed by atoms with Crippen molar-refractivity contribution >= 4 is 6.03 Å². The summed E-state index contributed by atoms with van der Waals surface area (Å²) in [5.74, 6) is 0.197. The Morgan fingerprint density at radius 1 is 0.962 bits per heavy atom. The first-order valence-electron chi connectivity index (χ1n) is 9.53. The van der Waals surface area contributed by atoms with E-state index in [9.17, 15) is 4.79 Å². The normalized spacial score (nSPS) is 13.3. The van der Waals surface area contributed by atoms with Crippen LogP contribution in [-0.2, 0) is 0 Å². The molecule has 2 aromatic rings. The number of hydrogen-bond donors (Lipinski definition) is 2. The van der Waals surface area contributed by atoms with Gasteiger partial charge >= 0.3 is 6.03 Å². The van der Waals surface area contributed by atoms with E-state index in [-0.39, 0.29) is 12.0 Å². The molecule has 0 aliphatic carbocycles. The van der Waals surface area contributed by atoms with Gasteiger partial charge in [-0.1, -0.05) is 67.3 Å². The summed E-state index contributed by atoms with van der Waals surface area (Å²) < 4.78 is 0. The van der Waals surface area contributed by atoms with Gasteiger partial charge in [-0.3, -0.25) is 0 Å². The number of carbonyl (C=O) groups excluding carboxylic acids is 1. The second kappa shape index (κ2) is 8.88. The molecule has 0 fully saturated rings. The fourth-order valence-corrected chi connectivity index (χ4v) is 3.73. The summed E-state index contributed by atoms with van der Waals surface area (Å²) in [6, 6.07) is 12.4. The maximum atomic E-state index is 11.9. The van der Waals surface area contributed by atoms with Gasteiger partial charge in [0.05, 0.1) is 6.04 Å². The van der Waals surface area contributed by atoms with E-state index in [0.717, 1.165) is 24.8 Å². The predicted molar refractivity (Wildman–Crippen MR) is 110 cm³/mol. The van der Waals surface area contributed by atoms with Crippen molar-refractivity contribution in [2.24, 2.45) is 5.73 Å². The van der Waals surface area contributed by atoms with Crippen LogP contribution in [0.4, 0.5) is 4.79 Å². The van der Waals surface area contributed by atoms with Crippen LogP contribution in [0.15, 0.2) is 36.4 Å². The molecule has 2 amide bonds. The maximum Gasteiger partial charge on any atom is 0.312 e. The Kier molecular flexibility index (Phi) is 6.84. The van der Waals surface area contributed by atoms with Gasteiger partial charge < -0.3 is 11.1 Å². The number of hydrogen-bond acceptors (Lipinski definition) is 1. The first-order valence-corrected chi connectivity index (χ1v) is 9.53. The van der Waals surface area contributed by atoms with E-state index in [1.165, 1.54) is 27.8 Å². The highest BCUT2D eigenvalue weighted by Crippen LogP contribution is 2.38. The summed E-state index contributed by atoms with van der Waals surface area (Å²) in [6.07, 6.45) is 3.25. The van der Waals surface area contributed by atoms with Gasteiger partial charge in [-0.25, -0.2) is 4.79 Å². The molecular weight excluding hydrogens is 320 g/mol. The third-order valence-corrected chi connectivity index (χ3v) is 5.17. The second-order valence-corrected chi connectivity index (χ2v) is 7.46. The van der Waals surface area contributed by atoms with Gasteiger partial charge in [0.15, 0.2) is 0 Å². The van der Waals surface area contributed by atoms with Crippen molar-refractivity contribution in [2.45, 2.75) is 65.8 Å². The molecule has 2 unspecified atom stereocenters. The number of nitrogens with two attached hydrogens (primary N) is 1. The van der Waals surface area contributed by atoms with E-state index in [0.29, 0.717) is 0 Å². The first kappa shape index (κ1) is 20.0. The Morgan fingerprint density at radius 2 is 1.50 bits per heavy atom. The van der Waals surface area contributed by atoms with Gasteiger partial charge in [-0.15, -0.1) is 0 Å². The summed E-state index contributed by atoms with van der Waals surface area (Å²) in [5.41, 5.74) is 12.9. The molecule has 2 rings (SSSR count). The van der Waals surface area contributed by atoms with Crippen LogP contribution < -0.4 is 11.1 Å². The Labute approximate surface area is 158 Å². The van der Waals surface area contributed by atoms with E-state index < -0.39 is 6.03 Å². The van der Waals surface area contributed by atoms with Crippen LogP contribution in [0.25, 0.3) is 0 Å². The van der Waals surface area contributed by atoms with Gasteiger partial charge in [-0.05, 0) is 56.4 Å². The molecule has 0 saturated heterocycles. The molecule has 26 heavy (non-hydrogen) atoms. The monoisotopic (exact) mass is 352 g/mol. The minimum atomic E-state index is -0.470. The molecule has 0 aliphatic rings. The predicted octanol–water partition coefficient (Wildman–Crippen LogP) is 5.60. The van der Waals surface area contributed by atoms with Crippen molar-refractivity contribution in [1.82, 2.24) is 5.32 Å². The van der Waals surface area contributed by atoms with Crippen molar-refractivity contribution in [1.29, 1.82) is 0 Å². The molecule has 3 nitrogen and oxygen atoms in total. The van der Waals surface area contributed by atoms with Crippen LogP contribution in [0.5, 0.6) is 0 Å². The average molecular weight is 353 g/mol. The highest BCUT2D eigenvalue weighted by atomic mass is 16.2. The summed E-state index contributed by atoms with van der Waals surface area (Å²) in [4.78, 5) is 11.9. The molecule has 3 heteroatoms. The molecule has 0 aliphatic heterocycles. The van der Waals surface area contributed by atoms with E-state index in [1.54, 1.807) is 0 Å². The lowest BCUT2D eigenvalue weighted by Gasteiger charge is -2.31. The van der Waals surface area contributed by atoms with Crippen molar-refractivity contribution < 1.29 is 4.79 Å². The van der Waals surface area contributed by atoms with E-state index in [1.807, 2.05) is 0 Å². The zero-order valence-electron chi connectivity index (χ0n) is 16.7. The number of primary amides is 1.